The second kappa shape index (κ2) is 6.41. The van der Waals surface area contributed by atoms with Crippen molar-refractivity contribution in [3.63, 3.8) is 0 Å². The molecule has 0 bridgehead atoms. The van der Waals surface area contributed by atoms with E-state index < -0.39 is 23.1 Å². The summed E-state index contributed by atoms with van der Waals surface area (Å²) in [7, 11) is 0. The van der Waals surface area contributed by atoms with Gasteiger partial charge in [-0.05, 0) is 43.0 Å². The van der Waals surface area contributed by atoms with Gasteiger partial charge in [-0.3, -0.25) is 9.69 Å². The van der Waals surface area contributed by atoms with Crippen LogP contribution in [-0.4, -0.2) is 29.1 Å². The highest BCUT2D eigenvalue weighted by Gasteiger charge is 2.54. The lowest BCUT2D eigenvalue weighted by molar-refractivity contribution is -0.149. The van der Waals surface area contributed by atoms with Crippen LogP contribution in [-0.2, 0) is 17.5 Å². The fourth-order valence-corrected chi connectivity index (χ4v) is 4.55. The van der Waals surface area contributed by atoms with Crippen molar-refractivity contribution in [1.29, 1.82) is 0 Å². The van der Waals surface area contributed by atoms with Crippen molar-refractivity contribution in [3.8, 4) is 11.3 Å². The van der Waals surface area contributed by atoms with E-state index in [-0.39, 0.29) is 5.92 Å². The molecule has 2 heterocycles. The summed E-state index contributed by atoms with van der Waals surface area (Å²) in [4.78, 5) is 13.8. The maximum atomic E-state index is 12.9. The molecule has 1 N–H and O–H groups in total. The standard InChI is InChI=1S/C20H20F3NO3/c21-20(22,23)14-4-1-3-13(9-14)17-7-6-16(27-17)11-24-10-15-5-2-8-19(15,12-24)18(25)26/h1,3-4,6-7,9,15H,2,5,8,10-12H2,(H,25,26)/t15-,19+/m0/s1. The van der Waals surface area contributed by atoms with Crippen LogP contribution in [0.5, 0.6) is 0 Å². The zero-order valence-electron chi connectivity index (χ0n) is 14.6. The van der Waals surface area contributed by atoms with Gasteiger partial charge in [-0.2, -0.15) is 13.2 Å². The van der Waals surface area contributed by atoms with Crippen molar-refractivity contribution < 1.29 is 27.5 Å². The number of furan rings is 1. The van der Waals surface area contributed by atoms with Crippen LogP contribution >= 0.6 is 0 Å². The van der Waals surface area contributed by atoms with Crippen LogP contribution in [0.1, 0.15) is 30.6 Å². The van der Waals surface area contributed by atoms with Crippen LogP contribution in [0.15, 0.2) is 40.8 Å². The normalized spacial score (nSPS) is 25.7. The molecule has 0 radical (unpaired) electrons. The maximum Gasteiger partial charge on any atom is 0.416 e. The molecule has 27 heavy (non-hydrogen) atoms. The van der Waals surface area contributed by atoms with Gasteiger partial charge in [0.25, 0.3) is 0 Å². The Morgan fingerprint density at radius 2 is 2.11 bits per heavy atom. The summed E-state index contributed by atoms with van der Waals surface area (Å²) in [6.07, 6.45) is -1.82. The Morgan fingerprint density at radius 3 is 2.81 bits per heavy atom. The third kappa shape index (κ3) is 3.25. The van der Waals surface area contributed by atoms with Gasteiger partial charge in [-0.1, -0.05) is 18.6 Å². The summed E-state index contributed by atoms with van der Waals surface area (Å²) >= 11 is 0. The van der Waals surface area contributed by atoms with Crippen LogP contribution in [0.2, 0.25) is 0 Å². The van der Waals surface area contributed by atoms with Crippen molar-refractivity contribution >= 4 is 5.97 Å². The predicted octanol–water partition coefficient (Wildman–Crippen LogP) is 4.65. The Morgan fingerprint density at radius 1 is 1.30 bits per heavy atom. The molecule has 2 aliphatic rings. The van der Waals surface area contributed by atoms with Crippen molar-refractivity contribution in [2.24, 2.45) is 11.3 Å². The number of hydrogen-bond donors (Lipinski definition) is 1. The van der Waals surface area contributed by atoms with Crippen molar-refractivity contribution in [3.05, 3.63) is 47.7 Å². The number of carbonyl (C=O) groups is 1. The molecule has 1 aromatic heterocycles. The van der Waals surface area contributed by atoms with E-state index in [0.717, 1.165) is 25.0 Å². The van der Waals surface area contributed by atoms with E-state index in [1.54, 1.807) is 18.2 Å². The molecule has 4 rings (SSSR count). The number of likely N-dealkylation sites (tertiary alicyclic amines) is 1. The Bertz CT molecular complexity index is 860. The minimum Gasteiger partial charge on any atom is -0.481 e. The summed E-state index contributed by atoms with van der Waals surface area (Å²) < 4.78 is 44.4. The number of benzene rings is 1. The summed E-state index contributed by atoms with van der Waals surface area (Å²) in [6.45, 7) is 1.67. The van der Waals surface area contributed by atoms with E-state index in [1.807, 2.05) is 0 Å². The number of rotatable bonds is 4. The number of aliphatic carboxylic acids is 1. The minimum absolute atomic E-state index is 0.160. The minimum atomic E-state index is -4.40. The molecule has 144 valence electrons. The van der Waals surface area contributed by atoms with E-state index in [2.05, 4.69) is 4.90 Å². The Balaban J connectivity index is 1.49. The molecule has 0 unspecified atom stereocenters. The van der Waals surface area contributed by atoms with Gasteiger partial charge in [0, 0.05) is 18.7 Å². The zero-order valence-corrected chi connectivity index (χ0v) is 14.6. The largest absolute Gasteiger partial charge is 0.481 e. The lowest BCUT2D eigenvalue weighted by Gasteiger charge is -2.23. The maximum absolute atomic E-state index is 12.9. The lowest BCUT2D eigenvalue weighted by atomic mass is 9.81. The van der Waals surface area contributed by atoms with Crippen LogP contribution in [0.25, 0.3) is 11.3 Å². The number of fused-ring (bicyclic) bond motifs is 1. The fraction of sp³-hybridized carbons (Fsp3) is 0.450. The third-order valence-corrected chi connectivity index (χ3v) is 5.88. The van der Waals surface area contributed by atoms with Gasteiger partial charge in [0.1, 0.15) is 11.5 Å². The number of hydrogen-bond acceptors (Lipinski definition) is 3. The van der Waals surface area contributed by atoms with Gasteiger partial charge >= 0.3 is 12.1 Å². The topological polar surface area (TPSA) is 53.7 Å². The molecule has 2 fully saturated rings. The lowest BCUT2D eigenvalue weighted by Crippen LogP contribution is -2.35. The van der Waals surface area contributed by atoms with Crippen molar-refractivity contribution in [1.82, 2.24) is 4.90 Å². The van der Waals surface area contributed by atoms with Crippen LogP contribution in [0, 0.1) is 11.3 Å². The van der Waals surface area contributed by atoms with E-state index in [0.29, 0.717) is 43.1 Å². The summed E-state index contributed by atoms with van der Waals surface area (Å²) in [5, 5.41) is 9.66. The molecule has 7 heteroatoms. The second-order valence-corrected chi connectivity index (χ2v) is 7.56. The quantitative estimate of drug-likeness (QED) is 0.840. The molecule has 1 saturated heterocycles. The predicted molar refractivity (Wildman–Crippen MR) is 91.8 cm³/mol. The molecule has 1 aromatic carbocycles. The molecule has 2 aromatic rings. The second-order valence-electron chi connectivity index (χ2n) is 7.56. The molecule has 2 atom stereocenters. The number of carboxylic acid groups (broad SMARTS) is 1. The first-order valence-electron chi connectivity index (χ1n) is 9.00. The van der Waals surface area contributed by atoms with Crippen molar-refractivity contribution in [2.45, 2.75) is 32.0 Å². The van der Waals surface area contributed by atoms with Gasteiger partial charge in [-0.15, -0.1) is 0 Å². The SMILES string of the molecule is O=C(O)[C@@]12CCC[C@H]1CN(Cc1ccc(-c3cccc(C(F)(F)F)c3)o1)C2. The Hall–Kier alpha value is -2.28. The van der Waals surface area contributed by atoms with Gasteiger partial charge in [0.2, 0.25) is 0 Å². The number of carboxylic acids is 1. The van der Waals surface area contributed by atoms with E-state index in [1.165, 1.54) is 6.07 Å². The average molecular weight is 379 g/mol. The first-order chi connectivity index (χ1) is 12.8. The van der Waals surface area contributed by atoms with Crippen molar-refractivity contribution in [2.75, 3.05) is 13.1 Å². The number of alkyl halides is 3. The summed E-state index contributed by atoms with van der Waals surface area (Å²) in [5.74, 6) is 0.441. The van der Waals surface area contributed by atoms with E-state index in [4.69, 9.17) is 4.42 Å². The molecule has 0 amide bonds. The monoisotopic (exact) mass is 379 g/mol. The number of nitrogens with zero attached hydrogens (tertiary/aromatic N) is 1. The molecule has 0 spiro atoms. The molecule has 1 aliphatic carbocycles. The van der Waals surface area contributed by atoms with Gasteiger partial charge < -0.3 is 9.52 Å². The first-order valence-corrected chi connectivity index (χ1v) is 9.00. The van der Waals surface area contributed by atoms with Crippen LogP contribution in [0.3, 0.4) is 0 Å². The smallest absolute Gasteiger partial charge is 0.416 e. The van der Waals surface area contributed by atoms with Gasteiger partial charge in [-0.25, -0.2) is 0 Å². The molecular weight excluding hydrogens is 359 g/mol. The van der Waals surface area contributed by atoms with Crippen LogP contribution < -0.4 is 0 Å². The van der Waals surface area contributed by atoms with Crippen LogP contribution in [0.4, 0.5) is 13.2 Å². The van der Waals surface area contributed by atoms with E-state index >= 15 is 0 Å². The number of halogens is 3. The van der Waals surface area contributed by atoms with Gasteiger partial charge in [0.05, 0.1) is 17.5 Å². The van der Waals surface area contributed by atoms with Gasteiger partial charge in [0.15, 0.2) is 0 Å². The fourth-order valence-electron chi connectivity index (χ4n) is 4.55. The summed E-state index contributed by atoms with van der Waals surface area (Å²) in [5.41, 5.74) is -0.999. The zero-order chi connectivity index (χ0) is 19.2. The molecule has 4 nitrogen and oxygen atoms in total. The Labute approximate surface area is 154 Å². The highest BCUT2D eigenvalue weighted by atomic mass is 19.4. The molecule has 1 saturated carbocycles. The first kappa shape index (κ1) is 18.1. The summed E-state index contributed by atoms with van der Waals surface area (Å²) in [6, 6.07) is 8.45. The average Bonchev–Trinajstić information content (AvgIpc) is 3.29. The molecule has 1 aliphatic heterocycles. The van der Waals surface area contributed by atoms with E-state index in [9.17, 15) is 23.1 Å². The molecular formula is C20H20F3NO3. The third-order valence-electron chi connectivity index (χ3n) is 5.88. The Kier molecular flexibility index (Phi) is 4.29. The highest BCUT2D eigenvalue weighted by molar-refractivity contribution is 5.76. The highest BCUT2D eigenvalue weighted by Crippen LogP contribution is 2.49.